The fraction of sp³-hybridized carbons (Fsp3) is 0.647. The van der Waals surface area contributed by atoms with Crippen molar-refractivity contribution < 1.29 is 0 Å². The van der Waals surface area contributed by atoms with Crippen molar-refractivity contribution in [2.24, 2.45) is 11.8 Å². The average Bonchev–Trinajstić information content (AvgIpc) is 2.44. The molecule has 1 unspecified atom stereocenters. The molecule has 2 nitrogen and oxygen atoms in total. The van der Waals surface area contributed by atoms with E-state index in [1.54, 1.807) is 0 Å². The molecule has 0 spiro atoms. The molecule has 0 amide bonds. The molecule has 1 aliphatic carbocycles. The van der Waals surface area contributed by atoms with Gasteiger partial charge in [-0.15, -0.1) is 0 Å². The van der Waals surface area contributed by atoms with E-state index in [2.05, 4.69) is 37.5 Å². The van der Waals surface area contributed by atoms with Crippen LogP contribution in [-0.4, -0.2) is 0 Å². The van der Waals surface area contributed by atoms with Crippen LogP contribution in [0, 0.1) is 19.8 Å². The van der Waals surface area contributed by atoms with Crippen LogP contribution in [0.3, 0.4) is 0 Å². The Hall–Kier alpha value is -0.860. The van der Waals surface area contributed by atoms with Gasteiger partial charge in [0.15, 0.2) is 0 Å². The van der Waals surface area contributed by atoms with Crippen molar-refractivity contribution in [2.45, 2.75) is 64.8 Å². The summed E-state index contributed by atoms with van der Waals surface area (Å²) in [6.07, 6.45) is 9.59. The fourth-order valence-corrected chi connectivity index (χ4v) is 3.34. The van der Waals surface area contributed by atoms with Crippen molar-refractivity contribution in [3.05, 3.63) is 34.9 Å². The maximum Gasteiger partial charge on any atom is 0.0462 e. The van der Waals surface area contributed by atoms with Crippen LogP contribution in [0.25, 0.3) is 0 Å². The third kappa shape index (κ3) is 4.05. The van der Waals surface area contributed by atoms with Crippen molar-refractivity contribution in [1.82, 2.24) is 5.43 Å². The number of benzene rings is 1. The molecule has 3 N–H and O–H groups in total. The molecule has 0 aromatic heterocycles. The molecule has 2 heteroatoms. The molecule has 1 saturated carbocycles. The van der Waals surface area contributed by atoms with Gasteiger partial charge in [0.25, 0.3) is 0 Å². The van der Waals surface area contributed by atoms with Crippen molar-refractivity contribution >= 4 is 0 Å². The van der Waals surface area contributed by atoms with Gasteiger partial charge in [0.1, 0.15) is 0 Å². The first-order valence-electron chi connectivity index (χ1n) is 7.74. The van der Waals surface area contributed by atoms with Gasteiger partial charge in [0, 0.05) is 6.04 Å². The summed E-state index contributed by atoms with van der Waals surface area (Å²) < 4.78 is 0. The van der Waals surface area contributed by atoms with Crippen LogP contribution in [0.1, 0.15) is 67.7 Å². The summed E-state index contributed by atoms with van der Waals surface area (Å²) in [5.74, 6) is 6.72. The zero-order valence-corrected chi connectivity index (χ0v) is 12.4. The van der Waals surface area contributed by atoms with Gasteiger partial charge in [-0.3, -0.25) is 11.3 Å². The first kappa shape index (κ1) is 14.5. The van der Waals surface area contributed by atoms with E-state index in [4.69, 9.17) is 5.84 Å². The molecular formula is C17H28N2. The molecule has 0 heterocycles. The Kier molecular flexibility index (Phi) is 5.41. The van der Waals surface area contributed by atoms with Gasteiger partial charge < -0.3 is 0 Å². The average molecular weight is 260 g/mol. The lowest BCUT2D eigenvalue weighted by Crippen LogP contribution is -2.29. The van der Waals surface area contributed by atoms with E-state index in [1.807, 2.05) is 0 Å². The highest BCUT2D eigenvalue weighted by Crippen LogP contribution is 2.31. The molecule has 0 radical (unpaired) electrons. The zero-order valence-electron chi connectivity index (χ0n) is 12.4. The number of hydrazine groups is 1. The first-order chi connectivity index (χ1) is 9.20. The Morgan fingerprint density at radius 3 is 2.63 bits per heavy atom. The molecule has 2 rings (SSSR count). The third-order valence-electron chi connectivity index (χ3n) is 4.60. The lowest BCUT2D eigenvalue weighted by Gasteiger charge is -2.25. The van der Waals surface area contributed by atoms with Crippen molar-refractivity contribution in [2.75, 3.05) is 0 Å². The zero-order chi connectivity index (χ0) is 13.7. The quantitative estimate of drug-likeness (QED) is 0.616. The van der Waals surface area contributed by atoms with Crippen LogP contribution in [-0.2, 0) is 0 Å². The van der Waals surface area contributed by atoms with Crippen molar-refractivity contribution in [3.63, 3.8) is 0 Å². The van der Waals surface area contributed by atoms with Gasteiger partial charge in [-0.25, -0.2) is 0 Å². The van der Waals surface area contributed by atoms with Gasteiger partial charge in [0.05, 0.1) is 0 Å². The summed E-state index contributed by atoms with van der Waals surface area (Å²) in [5.41, 5.74) is 7.06. The largest absolute Gasteiger partial charge is 0.271 e. The SMILES string of the molecule is Cc1ccc(C)c(C(CCC2CCCCC2)NN)c1. The topological polar surface area (TPSA) is 38.0 Å². The van der Waals surface area contributed by atoms with Gasteiger partial charge >= 0.3 is 0 Å². The lowest BCUT2D eigenvalue weighted by molar-refractivity contribution is 0.314. The fourth-order valence-electron chi connectivity index (χ4n) is 3.34. The highest BCUT2D eigenvalue weighted by molar-refractivity contribution is 5.32. The Bertz CT molecular complexity index is 394. The number of hydrogen-bond acceptors (Lipinski definition) is 2. The molecule has 1 aliphatic rings. The maximum atomic E-state index is 5.79. The Morgan fingerprint density at radius 1 is 1.21 bits per heavy atom. The summed E-state index contributed by atoms with van der Waals surface area (Å²) in [4.78, 5) is 0. The molecule has 1 aromatic rings. The second kappa shape index (κ2) is 7.06. The normalized spacial score (nSPS) is 18.5. The highest BCUT2D eigenvalue weighted by Gasteiger charge is 2.17. The predicted octanol–water partition coefficient (Wildman–Crippen LogP) is 4.17. The summed E-state index contributed by atoms with van der Waals surface area (Å²) in [6, 6.07) is 6.96. The summed E-state index contributed by atoms with van der Waals surface area (Å²) in [7, 11) is 0. The van der Waals surface area contributed by atoms with Gasteiger partial charge in [0.2, 0.25) is 0 Å². The summed E-state index contributed by atoms with van der Waals surface area (Å²) >= 11 is 0. The smallest absolute Gasteiger partial charge is 0.0462 e. The van der Waals surface area contributed by atoms with Crippen molar-refractivity contribution in [1.29, 1.82) is 0 Å². The van der Waals surface area contributed by atoms with Crippen LogP contribution in [0.4, 0.5) is 0 Å². The van der Waals surface area contributed by atoms with E-state index in [1.165, 1.54) is 55.2 Å². The molecule has 1 atom stereocenters. The van der Waals surface area contributed by atoms with Crippen LogP contribution in [0.5, 0.6) is 0 Å². The summed E-state index contributed by atoms with van der Waals surface area (Å²) in [5, 5.41) is 0. The van der Waals surface area contributed by atoms with E-state index < -0.39 is 0 Å². The van der Waals surface area contributed by atoms with E-state index >= 15 is 0 Å². The van der Waals surface area contributed by atoms with E-state index in [0.29, 0.717) is 6.04 Å². The monoisotopic (exact) mass is 260 g/mol. The van der Waals surface area contributed by atoms with E-state index in [-0.39, 0.29) is 0 Å². The van der Waals surface area contributed by atoms with Gasteiger partial charge in [-0.05, 0) is 43.7 Å². The molecule has 0 bridgehead atoms. The maximum absolute atomic E-state index is 5.79. The standard InChI is InChI=1S/C17H28N2/c1-13-8-9-14(2)16(12-13)17(19-18)11-10-15-6-4-3-5-7-15/h8-9,12,15,17,19H,3-7,10-11,18H2,1-2H3. The van der Waals surface area contributed by atoms with Gasteiger partial charge in [-0.1, -0.05) is 55.9 Å². The molecule has 0 saturated heterocycles. The second-order valence-corrected chi connectivity index (χ2v) is 6.16. The lowest BCUT2D eigenvalue weighted by atomic mass is 9.84. The van der Waals surface area contributed by atoms with E-state index in [0.717, 1.165) is 12.3 Å². The minimum absolute atomic E-state index is 0.307. The highest BCUT2D eigenvalue weighted by atomic mass is 15.2. The molecule has 19 heavy (non-hydrogen) atoms. The first-order valence-corrected chi connectivity index (χ1v) is 7.74. The molecule has 106 valence electrons. The molecular weight excluding hydrogens is 232 g/mol. The Labute approximate surface area is 117 Å². The minimum atomic E-state index is 0.307. The minimum Gasteiger partial charge on any atom is -0.271 e. The predicted molar refractivity (Wildman–Crippen MR) is 81.8 cm³/mol. The van der Waals surface area contributed by atoms with Crippen molar-refractivity contribution in [3.8, 4) is 0 Å². The molecule has 1 aromatic carbocycles. The number of nitrogens with one attached hydrogen (secondary N) is 1. The summed E-state index contributed by atoms with van der Waals surface area (Å²) in [6.45, 7) is 4.33. The Balaban J connectivity index is 1.97. The molecule has 1 fully saturated rings. The number of aryl methyl sites for hydroxylation is 2. The van der Waals surface area contributed by atoms with Crippen LogP contribution in [0.2, 0.25) is 0 Å². The van der Waals surface area contributed by atoms with E-state index in [9.17, 15) is 0 Å². The van der Waals surface area contributed by atoms with Crippen LogP contribution in [0.15, 0.2) is 18.2 Å². The van der Waals surface area contributed by atoms with Gasteiger partial charge in [-0.2, -0.15) is 0 Å². The number of hydrogen-bond donors (Lipinski definition) is 2. The molecule has 0 aliphatic heterocycles. The Morgan fingerprint density at radius 2 is 1.95 bits per heavy atom. The number of nitrogens with two attached hydrogens (primary N) is 1. The number of rotatable bonds is 5. The van der Waals surface area contributed by atoms with Crippen LogP contribution < -0.4 is 11.3 Å². The second-order valence-electron chi connectivity index (χ2n) is 6.16. The van der Waals surface area contributed by atoms with Crippen LogP contribution >= 0.6 is 0 Å². The third-order valence-corrected chi connectivity index (χ3v) is 4.60.